The number of hydrogen-bond donors (Lipinski definition) is 0. The Kier molecular flexibility index (Phi) is 4.15. The van der Waals surface area contributed by atoms with Crippen LogP contribution in [-0.2, 0) is 11.3 Å². The smallest absolute Gasteiger partial charge is 0.147 e. The van der Waals surface area contributed by atoms with Gasteiger partial charge in [0.15, 0.2) is 0 Å². The zero-order valence-corrected chi connectivity index (χ0v) is 13.3. The fourth-order valence-electron chi connectivity index (χ4n) is 3.16. The summed E-state index contributed by atoms with van der Waals surface area (Å²) in [4.78, 5) is 2.30. The van der Waals surface area contributed by atoms with Crippen LogP contribution < -0.4 is 0 Å². The third-order valence-electron chi connectivity index (χ3n) is 4.35. The summed E-state index contributed by atoms with van der Waals surface area (Å²) in [6, 6.07) is 19.2. The molecule has 1 fully saturated rings. The lowest BCUT2D eigenvalue weighted by molar-refractivity contribution is 0.0288. The van der Waals surface area contributed by atoms with Gasteiger partial charge in [0.1, 0.15) is 12.0 Å². The first kappa shape index (κ1) is 15.1. The molecule has 0 bridgehead atoms. The van der Waals surface area contributed by atoms with Gasteiger partial charge in [-0.05, 0) is 23.8 Å². The molecule has 0 spiro atoms. The van der Waals surface area contributed by atoms with E-state index in [0.717, 1.165) is 18.7 Å². The minimum absolute atomic E-state index is 0.0850. The number of ether oxygens (including phenoxy) is 1. The second-order valence-electron chi connectivity index (χ2n) is 5.98. The van der Waals surface area contributed by atoms with Crippen molar-refractivity contribution in [3.8, 4) is 5.69 Å². The largest absolute Gasteiger partial charge is 0.357 e. The molecule has 2 aromatic carbocycles. The summed E-state index contributed by atoms with van der Waals surface area (Å²) in [5, 5.41) is 0. The lowest BCUT2D eigenvalue weighted by Crippen LogP contribution is -2.23. The summed E-state index contributed by atoms with van der Waals surface area (Å²) in [7, 11) is 0. The van der Waals surface area contributed by atoms with Gasteiger partial charge in [-0.2, -0.15) is 0 Å². The Hall–Kier alpha value is -2.43. The van der Waals surface area contributed by atoms with Gasteiger partial charge in [0, 0.05) is 31.0 Å². The van der Waals surface area contributed by atoms with Gasteiger partial charge < -0.3 is 9.30 Å². The van der Waals surface area contributed by atoms with Gasteiger partial charge in [0.2, 0.25) is 0 Å². The van der Waals surface area contributed by atoms with E-state index in [0.29, 0.717) is 12.3 Å². The molecule has 3 aromatic rings. The van der Waals surface area contributed by atoms with Crippen LogP contribution in [0.15, 0.2) is 73.1 Å². The Labute approximate surface area is 140 Å². The predicted molar refractivity (Wildman–Crippen MR) is 91.3 cm³/mol. The molecule has 0 aliphatic carbocycles. The van der Waals surface area contributed by atoms with Crippen molar-refractivity contribution in [3.63, 3.8) is 0 Å². The fraction of sp³-hybridized carbons (Fsp3) is 0.200. The number of aromatic nitrogens is 1. The molecule has 0 saturated carbocycles. The highest BCUT2D eigenvalue weighted by atomic mass is 19.1. The van der Waals surface area contributed by atoms with E-state index in [1.807, 2.05) is 35.2 Å². The van der Waals surface area contributed by atoms with Crippen molar-refractivity contribution in [2.45, 2.75) is 12.8 Å². The molecule has 0 radical (unpaired) electrons. The molecule has 122 valence electrons. The van der Waals surface area contributed by atoms with E-state index in [2.05, 4.69) is 29.2 Å². The maximum Gasteiger partial charge on any atom is 0.147 e. The SMILES string of the molecule is Fc1ccccc1-n1ccc([C@@H]2OCCN2Cc2ccccc2)c1. The molecule has 1 aromatic heterocycles. The highest BCUT2D eigenvalue weighted by molar-refractivity contribution is 5.35. The lowest BCUT2D eigenvalue weighted by atomic mass is 10.2. The monoisotopic (exact) mass is 322 g/mol. The van der Waals surface area contributed by atoms with Crippen molar-refractivity contribution in [2.75, 3.05) is 13.2 Å². The van der Waals surface area contributed by atoms with Crippen LogP contribution in [-0.4, -0.2) is 22.6 Å². The van der Waals surface area contributed by atoms with E-state index in [4.69, 9.17) is 4.74 Å². The third-order valence-corrected chi connectivity index (χ3v) is 4.35. The molecule has 4 heteroatoms. The first-order valence-electron chi connectivity index (χ1n) is 8.13. The molecule has 1 saturated heterocycles. The fourth-order valence-corrected chi connectivity index (χ4v) is 3.16. The minimum atomic E-state index is -0.229. The summed E-state index contributed by atoms with van der Waals surface area (Å²) in [6.45, 7) is 2.45. The summed E-state index contributed by atoms with van der Waals surface area (Å²) in [6.07, 6.45) is 3.75. The van der Waals surface area contributed by atoms with Crippen LogP contribution >= 0.6 is 0 Å². The molecule has 0 N–H and O–H groups in total. The van der Waals surface area contributed by atoms with Gasteiger partial charge in [0.05, 0.1) is 12.3 Å². The average molecular weight is 322 g/mol. The highest BCUT2D eigenvalue weighted by Gasteiger charge is 2.27. The number of halogens is 1. The Balaban J connectivity index is 1.56. The van der Waals surface area contributed by atoms with E-state index in [-0.39, 0.29) is 12.0 Å². The maximum atomic E-state index is 14.0. The summed E-state index contributed by atoms with van der Waals surface area (Å²) >= 11 is 0. The maximum absolute atomic E-state index is 14.0. The Morgan fingerprint density at radius 3 is 2.62 bits per heavy atom. The molecule has 4 rings (SSSR count). The lowest BCUT2D eigenvalue weighted by Gasteiger charge is -2.22. The molecular formula is C20H19FN2O. The number of benzene rings is 2. The van der Waals surface area contributed by atoms with Crippen LogP contribution in [0.2, 0.25) is 0 Å². The number of nitrogens with zero attached hydrogens (tertiary/aromatic N) is 2. The van der Waals surface area contributed by atoms with E-state index >= 15 is 0 Å². The van der Waals surface area contributed by atoms with Gasteiger partial charge in [-0.3, -0.25) is 4.90 Å². The van der Waals surface area contributed by atoms with E-state index in [1.54, 1.807) is 12.1 Å². The van der Waals surface area contributed by atoms with Crippen LogP contribution in [0.3, 0.4) is 0 Å². The van der Waals surface area contributed by atoms with Crippen molar-refractivity contribution >= 4 is 0 Å². The Morgan fingerprint density at radius 2 is 1.79 bits per heavy atom. The molecule has 1 atom stereocenters. The molecule has 1 aliphatic heterocycles. The molecule has 0 amide bonds. The summed E-state index contributed by atoms with van der Waals surface area (Å²) < 4.78 is 21.7. The molecule has 0 unspecified atom stereocenters. The van der Waals surface area contributed by atoms with Crippen LogP contribution in [0, 0.1) is 5.82 Å². The van der Waals surface area contributed by atoms with Crippen LogP contribution in [0.5, 0.6) is 0 Å². The molecule has 2 heterocycles. The van der Waals surface area contributed by atoms with Crippen molar-refractivity contribution < 1.29 is 9.13 Å². The van der Waals surface area contributed by atoms with Gasteiger partial charge in [0.25, 0.3) is 0 Å². The predicted octanol–water partition coefficient (Wildman–Crippen LogP) is 4.15. The topological polar surface area (TPSA) is 17.4 Å². The molecule has 3 nitrogen and oxygen atoms in total. The van der Waals surface area contributed by atoms with Gasteiger partial charge in [-0.25, -0.2) is 4.39 Å². The molecular weight excluding hydrogens is 303 g/mol. The summed E-state index contributed by atoms with van der Waals surface area (Å²) in [5.74, 6) is -0.229. The normalized spacial score (nSPS) is 18.1. The second-order valence-corrected chi connectivity index (χ2v) is 5.98. The van der Waals surface area contributed by atoms with E-state index in [1.165, 1.54) is 11.6 Å². The minimum Gasteiger partial charge on any atom is -0.357 e. The second kappa shape index (κ2) is 6.59. The Morgan fingerprint density at radius 1 is 1.00 bits per heavy atom. The number of hydrogen-bond acceptors (Lipinski definition) is 2. The number of para-hydroxylation sites is 1. The quantitative estimate of drug-likeness (QED) is 0.718. The molecule has 24 heavy (non-hydrogen) atoms. The highest BCUT2D eigenvalue weighted by Crippen LogP contribution is 2.29. The van der Waals surface area contributed by atoms with E-state index in [9.17, 15) is 4.39 Å². The Bertz CT molecular complexity index is 815. The van der Waals surface area contributed by atoms with Crippen molar-refractivity contribution in [1.29, 1.82) is 0 Å². The van der Waals surface area contributed by atoms with Crippen LogP contribution in [0.25, 0.3) is 5.69 Å². The average Bonchev–Trinajstić information content (AvgIpc) is 3.25. The first-order valence-corrected chi connectivity index (χ1v) is 8.13. The zero-order valence-electron chi connectivity index (χ0n) is 13.3. The van der Waals surface area contributed by atoms with Gasteiger partial charge in [-0.1, -0.05) is 42.5 Å². The van der Waals surface area contributed by atoms with Crippen molar-refractivity contribution in [3.05, 3.63) is 90.0 Å². The number of rotatable bonds is 4. The third kappa shape index (κ3) is 2.98. The van der Waals surface area contributed by atoms with Crippen LogP contribution in [0.1, 0.15) is 17.4 Å². The first-order chi connectivity index (χ1) is 11.8. The van der Waals surface area contributed by atoms with E-state index < -0.39 is 0 Å². The molecule has 1 aliphatic rings. The van der Waals surface area contributed by atoms with Gasteiger partial charge >= 0.3 is 0 Å². The standard InChI is InChI=1S/C20H19FN2O/c21-18-8-4-5-9-19(18)22-11-10-17(15-22)20-23(12-13-24-20)14-16-6-2-1-3-7-16/h1-11,15,20H,12-14H2/t20-/m0/s1. The summed E-state index contributed by atoms with van der Waals surface area (Å²) in [5.41, 5.74) is 2.87. The van der Waals surface area contributed by atoms with Gasteiger partial charge in [-0.15, -0.1) is 0 Å². The van der Waals surface area contributed by atoms with Crippen molar-refractivity contribution in [2.24, 2.45) is 0 Å². The van der Waals surface area contributed by atoms with Crippen LogP contribution in [0.4, 0.5) is 4.39 Å². The zero-order chi connectivity index (χ0) is 16.4. The van der Waals surface area contributed by atoms with Crippen molar-refractivity contribution in [1.82, 2.24) is 9.47 Å².